The summed E-state index contributed by atoms with van der Waals surface area (Å²) in [7, 11) is 0. The van der Waals surface area contributed by atoms with E-state index in [1.807, 2.05) is 45.3 Å². The van der Waals surface area contributed by atoms with E-state index in [-0.39, 0.29) is 0 Å². The normalized spacial score (nSPS) is 9.25. The Kier molecular flexibility index (Phi) is 4.65. The average Bonchev–Trinajstić information content (AvgIpc) is 2.34. The van der Waals surface area contributed by atoms with Gasteiger partial charge in [0.1, 0.15) is 0 Å². The molecule has 0 amide bonds. The van der Waals surface area contributed by atoms with Gasteiger partial charge in [0.15, 0.2) is 5.82 Å². The molecule has 1 heterocycles. The van der Waals surface area contributed by atoms with Crippen molar-refractivity contribution < 1.29 is 0 Å². The largest absolute Gasteiger partial charge is 0.236 e. The van der Waals surface area contributed by atoms with Crippen LogP contribution < -0.4 is 0 Å². The van der Waals surface area contributed by atoms with Crippen LogP contribution in [0.15, 0.2) is 36.7 Å². The molecule has 16 heavy (non-hydrogen) atoms. The summed E-state index contributed by atoms with van der Waals surface area (Å²) in [5, 5.41) is 0. The van der Waals surface area contributed by atoms with Crippen LogP contribution in [0.5, 0.6) is 0 Å². The molecule has 0 aliphatic carbocycles. The molecule has 84 valence electrons. The maximum absolute atomic E-state index is 4.27. The van der Waals surface area contributed by atoms with Crippen LogP contribution in [0.4, 0.5) is 0 Å². The van der Waals surface area contributed by atoms with E-state index in [4.69, 9.17) is 0 Å². The molecule has 2 heteroatoms. The quantitative estimate of drug-likeness (QED) is 0.721. The molecular weight excluding hydrogens is 196 g/mol. The molecule has 0 radical (unpaired) electrons. The third-order valence-electron chi connectivity index (χ3n) is 2.09. The maximum atomic E-state index is 4.27. The van der Waals surface area contributed by atoms with E-state index in [9.17, 15) is 0 Å². The first-order valence-corrected chi connectivity index (χ1v) is 5.61. The van der Waals surface area contributed by atoms with Crippen molar-refractivity contribution in [2.24, 2.45) is 0 Å². The summed E-state index contributed by atoms with van der Waals surface area (Å²) < 4.78 is 0. The Morgan fingerprint density at radius 2 is 1.25 bits per heavy atom. The summed E-state index contributed by atoms with van der Waals surface area (Å²) in [6, 6.07) is 8.22. The van der Waals surface area contributed by atoms with Crippen LogP contribution >= 0.6 is 0 Å². The Labute approximate surface area is 97.4 Å². The van der Waals surface area contributed by atoms with E-state index in [0.29, 0.717) is 0 Å². The third kappa shape index (κ3) is 3.16. The van der Waals surface area contributed by atoms with Crippen LogP contribution in [0.25, 0.3) is 11.4 Å². The highest BCUT2D eigenvalue weighted by Crippen LogP contribution is 2.14. The Bertz CT molecular complexity index is 372. The first kappa shape index (κ1) is 12.4. The van der Waals surface area contributed by atoms with E-state index in [0.717, 1.165) is 17.0 Å². The number of nitrogens with zero attached hydrogens (tertiary/aromatic N) is 2. The molecular formula is C14H18N2. The Morgan fingerprint density at radius 1 is 0.750 bits per heavy atom. The lowest BCUT2D eigenvalue weighted by molar-refractivity contribution is 1.14. The predicted octanol–water partition coefficient (Wildman–Crippen LogP) is 3.79. The minimum atomic E-state index is 0.788. The summed E-state index contributed by atoms with van der Waals surface area (Å²) in [4.78, 5) is 8.53. The second-order valence-electron chi connectivity index (χ2n) is 3.45. The van der Waals surface area contributed by atoms with Gasteiger partial charge in [0.2, 0.25) is 0 Å². The maximum Gasteiger partial charge on any atom is 0.159 e. The van der Waals surface area contributed by atoms with E-state index >= 15 is 0 Å². The number of benzene rings is 1. The molecule has 0 aliphatic rings. The van der Waals surface area contributed by atoms with Crippen molar-refractivity contribution in [1.29, 1.82) is 0 Å². The fraction of sp³-hybridized carbons (Fsp3) is 0.286. The number of rotatable bonds is 1. The minimum absolute atomic E-state index is 0.788. The van der Waals surface area contributed by atoms with Gasteiger partial charge in [0.05, 0.1) is 0 Å². The molecule has 2 nitrogen and oxygen atoms in total. The zero-order valence-electron chi connectivity index (χ0n) is 10.4. The molecule has 0 N–H and O–H groups in total. The lowest BCUT2D eigenvalue weighted by atomic mass is 10.1. The van der Waals surface area contributed by atoms with Crippen LogP contribution in [-0.2, 0) is 0 Å². The van der Waals surface area contributed by atoms with Crippen LogP contribution in [0.2, 0.25) is 0 Å². The van der Waals surface area contributed by atoms with Crippen LogP contribution in [-0.4, -0.2) is 9.97 Å². The first-order valence-electron chi connectivity index (χ1n) is 5.61. The summed E-state index contributed by atoms with van der Waals surface area (Å²) in [6.45, 7) is 8.05. The fourth-order valence-electron chi connectivity index (χ4n) is 1.24. The summed E-state index contributed by atoms with van der Waals surface area (Å²) >= 11 is 0. The van der Waals surface area contributed by atoms with Gasteiger partial charge in [-0.1, -0.05) is 43.7 Å². The second-order valence-corrected chi connectivity index (χ2v) is 3.45. The van der Waals surface area contributed by atoms with Crippen molar-refractivity contribution in [2.45, 2.75) is 27.7 Å². The van der Waals surface area contributed by atoms with Gasteiger partial charge in [0.25, 0.3) is 0 Å². The molecule has 0 fully saturated rings. The second kappa shape index (κ2) is 6.01. The van der Waals surface area contributed by atoms with Crippen molar-refractivity contribution in [3.8, 4) is 11.4 Å². The molecule has 1 aromatic carbocycles. The SMILES string of the molecule is CC.Cc1ccc(-c2ncc(C)cn2)cc1. The zero-order valence-corrected chi connectivity index (χ0v) is 10.4. The lowest BCUT2D eigenvalue weighted by Gasteiger charge is -2.00. The van der Waals surface area contributed by atoms with Gasteiger partial charge in [-0.3, -0.25) is 0 Å². The molecule has 0 atom stereocenters. The Morgan fingerprint density at radius 3 is 1.75 bits per heavy atom. The van der Waals surface area contributed by atoms with Crippen molar-refractivity contribution in [3.05, 3.63) is 47.8 Å². The topological polar surface area (TPSA) is 25.8 Å². The van der Waals surface area contributed by atoms with Crippen LogP contribution in [0, 0.1) is 13.8 Å². The molecule has 0 spiro atoms. The predicted molar refractivity (Wildman–Crippen MR) is 68.3 cm³/mol. The van der Waals surface area contributed by atoms with Gasteiger partial charge in [-0.25, -0.2) is 9.97 Å². The Balaban J connectivity index is 0.000000606. The standard InChI is InChI=1S/C12H12N2.C2H6/c1-9-3-5-11(6-4-9)12-13-7-10(2)8-14-12;1-2/h3-8H,1-2H3;1-2H3. The summed E-state index contributed by atoms with van der Waals surface area (Å²) in [6.07, 6.45) is 3.67. The molecule has 2 aromatic rings. The molecule has 0 saturated carbocycles. The Hall–Kier alpha value is -1.70. The van der Waals surface area contributed by atoms with Crippen molar-refractivity contribution in [2.75, 3.05) is 0 Å². The van der Waals surface area contributed by atoms with Gasteiger partial charge < -0.3 is 0 Å². The van der Waals surface area contributed by atoms with E-state index in [2.05, 4.69) is 29.0 Å². The molecule has 0 saturated heterocycles. The van der Waals surface area contributed by atoms with Crippen LogP contribution in [0.3, 0.4) is 0 Å². The van der Waals surface area contributed by atoms with E-state index < -0.39 is 0 Å². The molecule has 2 rings (SSSR count). The lowest BCUT2D eigenvalue weighted by Crippen LogP contribution is -1.88. The third-order valence-corrected chi connectivity index (χ3v) is 2.09. The zero-order chi connectivity index (χ0) is 12.0. The van der Waals surface area contributed by atoms with Crippen molar-refractivity contribution in [1.82, 2.24) is 9.97 Å². The molecule has 0 unspecified atom stereocenters. The summed E-state index contributed by atoms with van der Waals surface area (Å²) in [5.41, 5.74) is 3.40. The van der Waals surface area contributed by atoms with Gasteiger partial charge in [-0.2, -0.15) is 0 Å². The van der Waals surface area contributed by atoms with Crippen LogP contribution in [0.1, 0.15) is 25.0 Å². The number of aromatic nitrogens is 2. The molecule has 0 aliphatic heterocycles. The minimum Gasteiger partial charge on any atom is -0.236 e. The van der Waals surface area contributed by atoms with E-state index in [1.54, 1.807) is 0 Å². The molecule has 1 aromatic heterocycles. The highest BCUT2D eigenvalue weighted by Gasteiger charge is 1.98. The van der Waals surface area contributed by atoms with Gasteiger partial charge >= 0.3 is 0 Å². The number of hydrogen-bond donors (Lipinski definition) is 0. The monoisotopic (exact) mass is 214 g/mol. The van der Waals surface area contributed by atoms with Crippen molar-refractivity contribution >= 4 is 0 Å². The number of hydrogen-bond acceptors (Lipinski definition) is 2. The average molecular weight is 214 g/mol. The summed E-state index contributed by atoms with van der Waals surface area (Å²) in [5.74, 6) is 0.788. The smallest absolute Gasteiger partial charge is 0.159 e. The van der Waals surface area contributed by atoms with Gasteiger partial charge in [-0.15, -0.1) is 0 Å². The highest BCUT2D eigenvalue weighted by molar-refractivity contribution is 5.54. The first-order chi connectivity index (χ1) is 7.75. The van der Waals surface area contributed by atoms with Crippen molar-refractivity contribution in [3.63, 3.8) is 0 Å². The number of aryl methyl sites for hydroxylation is 2. The van der Waals surface area contributed by atoms with Gasteiger partial charge in [0, 0.05) is 18.0 Å². The fourth-order valence-corrected chi connectivity index (χ4v) is 1.24. The van der Waals surface area contributed by atoms with Gasteiger partial charge in [-0.05, 0) is 19.4 Å². The highest BCUT2D eigenvalue weighted by atomic mass is 14.9. The van der Waals surface area contributed by atoms with E-state index in [1.165, 1.54) is 5.56 Å². The molecule has 0 bridgehead atoms.